The number of nitrogens with zero attached hydrogens (tertiary/aromatic N) is 1. The number of benzene rings is 1. The van der Waals surface area contributed by atoms with E-state index in [1.54, 1.807) is 0 Å². The summed E-state index contributed by atoms with van der Waals surface area (Å²) in [5.41, 5.74) is 7.68. The first-order valence-electron chi connectivity index (χ1n) is 7.58. The molecule has 2 saturated heterocycles. The summed E-state index contributed by atoms with van der Waals surface area (Å²) in [5, 5.41) is 0.777. The van der Waals surface area contributed by atoms with Gasteiger partial charge >= 0.3 is 0 Å². The first-order chi connectivity index (χ1) is 9.67. The Morgan fingerprint density at radius 3 is 2.40 bits per heavy atom. The van der Waals surface area contributed by atoms with E-state index in [1.807, 2.05) is 12.1 Å². The van der Waals surface area contributed by atoms with Crippen molar-refractivity contribution in [2.45, 2.75) is 50.5 Å². The second-order valence-electron chi connectivity index (χ2n) is 5.98. The summed E-state index contributed by atoms with van der Waals surface area (Å²) in [4.78, 5) is 2.52. The molecule has 0 spiro atoms. The summed E-state index contributed by atoms with van der Waals surface area (Å²) in [6, 6.07) is 8.56. The molecule has 4 heteroatoms. The van der Waals surface area contributed by atoms with Crippen molar-refractivity contribution in [1.29, 1.82) is 0 Å². The average molecular weight is 295 g/mol. The summed E-state index contributed by atoms with van der Waals surface area (Å²) in [6.07, 6.45) is 4.14. The van der Waals surface area contributed by atoms with Crippen LogP contribution in [0.5, 0.6) is 0 Å². The monoisotopic (exact) mass is 294 g/mol. The molecule has 3 nitrogen and oxygen atoms in total. The molecular weight excluding hydrogens is 272 g/mol. The SMILES string of the molecule is CCC(N)C(c1ccc(Cl)cc1)N1CC2CCC(C1)O2. The van der Waals surface area contributed by atoms with Gasteiger partial charge in [0.05, 0.1) is 18.2 Å². The average Bonchev–Trinajstić information content (AvgIpc) is 2.80. The van der Waals surface area contributed by atoms with Crippen LogP contribution >= 0.6 is 11.6 Å². The number of hydrogen-bond acceptors (Lipinski definition) is 3. The molecule has 4 unspecified atom stereocenters. The molecule has 0 radical (unpaired) electrons. The second kappa shape index (κ2) is 6.02. The lowest BCUT2D eigenvalue weighted by Gasteiger charge is -2.40. The molecule has 2 fully saturated rings. The number of halogens is 1. The molecule has 110 valence electrons. The smallest absolute Gasteiger partial charge is 0.0707 e. The minimum absolute atomic E-state index is 0.147. The van der Waals surface area contributed by atoms with Gasteiger partial charge in [0.25, 0.3) is 0 Å². The lowest BCUT2D eigenvalue weighted by molar-refractivity contribution is -0.0568. The number of nitrogens with two attached hydrogens (primary N) is 1. The van der Waals surface area contributed by atoms with Crippen LogP contribution in [-0.2, 0) is 4.74 Å². The topological polar surface area (TPSA) is 38.5 Å². The molecule has 0 amide bonds. The van der Waals surface area contributed by atoms with Gasteiger partial charge in [0.1, 0.15) is 0 Å². The van der Waals surface area contributed by atoms with Gasteiger partial charge in [-0.2, -0.15) is 0 Å². The van der Waals surface area contributed by atoms with Gasteiger partial charge in [-0.1, -0.05) is 30.7 Å². The van der Waals surface area contributed by atoms with E-state index in [1.165, 1.54) is 18.4 Å². The van der Waals surface area contributed by atoms with E-state index < -0.39 is 0 Å². The number of hydrogen-bond donors (Lipinski definition) is 1. The van der Waals surface area contributed by atoms with Crippen molar-refractivity contribution in [2.75, 3.05) is 13.1 Å². The molecule has 0 aliphatic carbocycles. The molecule has 0 aromatic heterocycles. The van der Waals surface area contributed by atoms with Crippen molar-refractivity contribution in [3.05, 3.63) is 34.9 Å². The van der Waals surface area contributed by atoms with Crippen molar-refractivity contribution in [1.82, 2.24) is 4.90 Å². The van der Waals surface area contributed by atoms with E-state index in [0.29, 0.717) is 12.2 Å². The van der Waals surface area contributed by atoms with E-state index >= 15 is 0 Å². The maximum absolute atomic E-state index is 6.41. The summed E-state index contributed by atoms with van der Waals surface area (Å²) in [5.74, 6) is 0. The van der Waals surface area contributed by atoms with Crippen molar-refractivity contribution >= 4 is 11.6 Å². The molecule has 2 bridgehead atoms. The van der Waals surface area contributed by atoms with E-state index in [2.05, 4.69) is 24.0 Å². The molecule has 3 rings (SSSR count). The lowest BCUT2D eigenvalue weighted by Crippen LogP contribution is -2.49. The molecule has 2 N–H and O–H groups in total. The number of morpholine rings is 1. The third kappa shape index (κ3) is 2.86. The number of ether oxygens (including phenoxy) is 1. The fraction of sp³-hybridized carbons (Fsp3) is 0.625. The Morgan fingerprint density at radius 2 is 1.85 bits per heavy atom. The largest absolute Gasteiger partial charge is 0.372 e. The van der Waals surface area contributed by atoms with Crippen LogP contribution in [0.3, 0.4) is 0 Å². The van der Waals surface area contributed by atoms with Crippen LogP contribution in [0.1, 0.15) is 37.8 Å². The molecule has 1 aromatic carbocycles. The third-order valence-corrected chi connectivity index (χ3v) is 4.81. The Kier molecular flexibility index (Phi) is 4.32. The Labute approximate surface area is 126 Å². The predicted octanol–water partition coefficient (Wildman–Crippen LogP) is 2.98. The van der Waals surface area contributed by atoms with E-state index in [4.69, 9.17) is 22.1 Å². The van der Waals surface area contributed by atoms with Gasteiger partial charge in [0, 0.05) is 24.2 Å². The zero-order chi connectivity index (χ0) is 14.1. The zero-order valence-electron chi connectivity index (χ0n) is 12.0. The van der Waals surface area contributed by atoms with Crippen molar-refractivity contribution < 1.29 is 4.74 Å². The molecule has 2 aliphatic heterocycles. The Bertz CT molecular complexity index is 438. The molecule has 20 heavy (non-hydrogen) atoms. The predicted molar refractivity (Wildman–Crippen MR) is 81.9 cm³/mol. The van der Waals surface area contributed by atoms with Crippen molar-refractivity contribution in [2.24, 2.45) is 5.73 Å². The summed E-state index contributed by atoms with van der Waals surface area (Å²) in [7, 11) is 0. The van der Waals surface area contributed by atoms with Crippen LogP contribution in [0.4, 0.5) is 0 Å². The third-order valence-electron chi connectivity index (χ3n) is 4.55. The van der Waals surface area contributed by atoms with Crippen LogP contribution in [0.25, 0.3) is 0 Å². The van der Waals surface area contributed by atoms with Gasteiger partial charge in [-0.25, -0.2) is 0 Å². The highest BCUT2D eigenvalue weighted by atomic mass is 35.5. The number of likely N-dealkylation sites (tertiary alicyclic amines) is 1. The lowest BCUT2D eigenvalue weighted by atomic mass is 9.95. The molecule has 2 aliphatic rings. The standard InChI is InChI=1S/C16H23ClN2O/c1-2-15(18)16(11-3-5-12(17)6-4-11)19-9-13-7-8-14(10-19)20-13/h3-6,13-16H,2,7-10,18H2,1H3. The summed E-state index contributed by atoms with van der Waals surface area (Å²) < 4.78 is 5.94. The fourth-order valence-electron chi connectivity index (χ4n) is 3.49. The van der Waals surface area contributed by atoms with E-state index in [0.717, 1.165) is 24.5 Å². The maximum atomic E-state index is 6.41. The highest BCUT2D eigenvalue weighted by molar-refractivity contribution is 6.30. The molecule has 1 aromatic rings. The van der Waals surface area contributed by atoms with Gasteiger partial charge in [-0.15, -0.1) is 0 Å². The normalized spacial score (nSPS) is 29.4. The van der Waals surface area contributed by atoms with Gasteiger partial charge < -0.3 is 10.5 Å². The highest BCUT2D eigenvalue weighted by Crippen LogP contribution is 2.34. The zero-order valence-corrected chi connectivity index (χ0v) is 12.7. The minimum atomic E-state index is 0.147. The van der Waals surface area contributed by atoms with Crippen LogP contribution < -0.4 is 5.73 Å². The van der Waals surface area contributed by atoms with Crippen molar-refractivity contribution in [3.63, 3.8) is 0 Å². The second-order valence-corrected chi connectivity index (χ2v) is 6.42. The fourth-order valence-corrected chi connectivity index (χ4v) is 3.61. The Balaban J connectivity index is 1.84. The quantitative estimate of drug-likeness (QED) is 0.928. The molecular formula is C16H23ClN2O. The van der Waals surface area contributed by atoms with Gasteiger partial charge in [0.15, 0.2) is 0 Å². The highest BCUT2D eigenvalue weighted by Gasteiger charge is 2.38. The first kappa shape index (κ1) is 14.3. The maximum Gasteiger partial charge on any atom is 0.0707 e. The first-order valence-corrected chi connectivity index (χ1v) is 7.95. The summed E-state index contributed by atoms with van der Waals surface area (Å²) >= 11 is 6.01. The van der Waals surface area contributed by atoms with Gasteiger partial charge in [-0.05, 0) is 37.0 Å². The Morgan fingerprint density at radius 1 is 1.25 bits per heavy atom. The van der Waals surface area contributed by atoms with E-state index in [9.17, 15) is 0 Å². The summed E-state index contributed by atoms with van der Waals surface area (Å²) in [6.45, 7) is 4.15. The van der Waals surface area contributed by atoms with Crippen molar-refractivity contribution in [3.8, 4) is 0 Å². The number of fused-ring (bicyclic) bond motifs is 2. The van der Waals surface area contributed by atoms with Gasteiger partial charge in [-0.3, -0.25) is 4.90 Å². The van der Waals surface area contributed by atoms with Crippen LogP contribution in [0.15, 0.2) is 24.3 Å². The van der Waals surface area contributed by atoms with E-state index in [-0.39, 0.29) is 12.1 Å². The molecule has 0 saturated carbocycles. The Hall–Kier alpha value is -0.610. The number of rotatable bonds is 4. The van der Waals surface area contributed by atoms with Crippen LogP contribution in [0, 0.1) is 0 Å². The van der Waals surface area contributed by atoms with Gasteiger partial charge in [0.2, 0.25) is 0 Å². The molecule has 4 atom stereocenters. The molecule has 2 heterocycles. The minimum Gasteiger partial charge on any atom is -0.372 e. The van der Waals surface area contributed by atoms with Crippen LogP contribution in [-0.4, -0.2) is 36.2 Å². The van der Waals surface area contributed by atoms with Crippen LogP contribution in [0.2, 0.25) is 5.02 Å².